The maximum Gasteiger partial charge on any atom is 0.250 e. The molecule has 80 valence electrons. The number of primary amides is 1. The summed E-state index contributed by atoms with van der Waals surface area (Å²) < 4.78 is 0. The van der Waals surface area contributed by atoms with Crippen molar-refractivity contribution in [3.8, 4) is 0 Å². The van der Waals surface area contributed by atoms with E-state index in [9.17, 15) is 4.79 Å². The second-order valence-corrected chi connectivity index (χ2v) is 3.93. The summed E-state index contributed by atoms with van der Waals surface area (Å²) in [7, 11) is 0. The molecule has 1 aliphatic heterocycles. The maximum absolute atomic E-state index is 11.0. The van der Waals surface area contributed by atoms with Crippen LogP contribution < -0.4 is 11.1 Å². The van der Waals surface area contributed by atoms with Crippen molar-refractivity contribution in [1.82, 2.24) is 4.98 Å². The van der Waals surface area contributed by atoms with Gasteiger partial charge in [-0.15, -0.1) is 0 Å². The molecule has 1 amide bonds. The Kier molecular flexibility index (Phi) is 2.58. The van der Waals surface area contributed by atoms with Crippen LogP contribution in [0.25, 0.3) is 0 Å². The van der Waals surface area contributed by atoms with E-state index in [1.807, 2.05) is 6.07 Å². The highest BCUT2D eigenvalue weighted by Crippen LogP contribution is 2.25. The standard InChI is InChI=1S/C11H15N3O/c1-2-3-9-5-7-4-8(10(12)15)6-13-11(7)14-9/h4,6,9H,2-3,5H2,1H3,(H2,12,15)(H,13,14)/t9-/m0/s1. The third kappa shape index (κ3) is 1.93. The fourth-order valence-corrected chi connectivity index (χ4v) is 1.96. The molecule has 0 aromatic carbocycles. The number of nitrogens with zero attached hydrogens (tertiary/aromatic N) is 1. The first-order valence-corrected chi connectivity index (χ1v) is 5.26. The van der Waals surface area contributed by atoms with Gasteiger partial charge in [-0.25, -0.2) is 4.98 Å². The number of fused-ring (bicyclic) bond motifs is 1. The van der Waals surface area contributed by atoms with Gasteiger partial charge >= 0.3 is 0 Å². The molecule has 1 aromatic heterocycles. The number of rotatable bonds is 3. The van der Waals surface area contributed by atoms with Crippen LogP contribution in [0.1, 0.15) is 35.7 Å². The van der Waals surface area contributed by atoms with Crippen molar-refractivity contribution in [3.05, 3.63) is 23.4 Å². The number of hydrogen-bond donors (Lipinski definition) is 2. The molecule has 15 heavy (non-hydrogen) atoms. The van der Waals surface area contributed by atoms with E-state index in [4.69, 9.17) is 5.73 Å². The van der Waals surface area contributed by atoms with Crippen molar-refractivity contribution in [1.29, 1.82) is 0 Å². The van der Waals surface area contributed by atoms with Gasteiger partial charge in [0.1, 0.15) is 5.82 Å². The van der Waals surface area contributed by atoms with Gasteiger partial charge in [0, 0.05) is 12.2 Å². The second-order valence-electron chi connectivity index (χ2n) is 3.93. The highest BCUT2D eigenvalue weighted by molar-refractivity contribution is 5.93. The smallest absolute Gasteiger partial charge is 0.250 e. The summed E-state index contributed by atoms with van der Waals surface area (Å²) in [6.07, 6.45) is 4.75. The molecule has 4 heteroatoms. The van der Waals surface area contributed by atoms with E-state index < -0.39 is 5.91 Å². The van der Waals surface area contributed by atoms with Crippen LogP contribution in [0.3, 0.4) is 0 Å². The average molecular weight is 205 g/mol. The zero-order valence-corrected chi connectivity index (χ0v) is 8.79. The third-order valence-corrected chi connectivity index (χ3v) is 2.70. The van der Waals surface area contributed by atoms with Crippen molar-refractivity contribution in [2.45, 2.75) is 32.2 Å². The average Bonchev–Trinajstić information content (AvgIpc) is 2.59. The van der Waals surface area contributed by atoms with E-state index >= 15 is 0 Å². The number of pyridine rings is 1. The summed E-state index contributed by atoms with van der Waals surface area (Å²) in [5.41, 5.74) is 6.80. The van der Waals surface area contributed by atoms with Crippen molar-refractivity contribution < 1.29 is 4.79 Å². The normalized spacial score (nSPS) is 18.3. The molecule has 4 nitrogen and oxygen atoms in total. The summed E-state index contributed by atoms with van der Waals surface area (Å²) in [6.45, 7) is 2.16. The summed E-state index contributed by atoms with van der Waals surface area (Å²) in [6, 6.07) is 2.30. The van der Waals surface area contributed by atoms with Gasteiger partial charge in [-0.05, 0) is 24.5 Å². The first kappa shape index (κ1) is 9.96. The van der Waals surface area contributed by atoms with Crippen molar-refractivity contribution in [3.63, 3.8) is 0 Å². The topological polar surface area (TPSA) is 68.0 Å². The SMILES string of the molecule is CCC[C@H]1Cc2cc(C(N)=O)cnc2N1. The number of carbonyl (C=O) groups excluding carboxylic acids is 1. The van der Waals surface area contributed by atoms with Gasteiger partial charge in [0.05, 0.1) is 5.56 Å². The lowest BCUT2D eigenvalue weighted by Gasteiger charge is -2.07. The van der Waals surface area contributed by atoms with Crippen molar-refractivity contribution >= 4 is 11.7 Å². The molecule has 0 saturated carbocycles. The lowest BCUT2D eigenvalue weighted by atomic mass is 10.1. The second kappa shape index (κ2) is 3.88. The Morgan fingerprint density at radius 1 is 1.73 bits per heavy atom. The Morgan fingerprint density at radius 2 is 2.53 bits per heavy atom. The summed E-state index contributed by atoms with van der Waals surface area (Å²) >= 11 is 0. The zero-order chi connectivity index (χ0) is 10.8. The Hall–Kier alpha value is -1.58. The Morgan fingerprint density at radius 3 is 3.20 bits per heavy atom. The van der Waals surface area contributed by atoms with E-state index in [-0.39, 0.29) is 0 Å². The predicted octanol–water partition coefficient (Wildman–Crippen LogP) is 1.32. The Labute approximate surface area is 88.9 Å². The fourth-order valence-electron chi connectivity index (χ4n) is 1.96. The summed E-state index contributed by atoms with van der Waals surface area (Å²) in [4.78, 5) is 15.2. The van der Waals surface area contributed by atoms with Crippen molar-refractivity contribution in [2.75, 3.05) is 5.32 Å². The van der Waals surface area contributed by atoms with E-state index in [1.165, 1.54) is 6.20 Å². The van der Waals surface area contributed by atoms with E-state index in [0.717, 1.165) is 30.6 Å². The highest BCUT2D eigenvalue weighted by atomic mass is 16.1. The van der Waals surface area contributed by atoms with Gasteiger partial charge in [0.25, 0.3) is 0 Å². The number of aromatic nitrogens is 1. The van der Waals surface area contributed by atoms with E-state index in [2.05, 4.69) is 17.2 Å². The number of carbonyl (C=O) groups is 1. The Bertz CT molecular complexity index is 389. The molecule has 1 aliphatic rings. The van der Waals surface area contributed by atoms with Crippen molar-refractivity contribution in [2.24, 2.45) is 5.73 Å². The number of anilines is 1. The van der Waals surface area contributed by atoms with Gasteiger partial charge in [-0.3, -0.25) is 4.79 Å². The number of nitrogens with two attached hydrogens (primary N) is 1. The lowest BCUT2D eigenvalue weighted by Crippen LogP contribution is -2.14. The van der Waals surface area contributed by atoms with Crippen LogP contribution in [0.2, 0.25) is 0 Å². The molecule has 0 spiro atoms. The molecule has 2 rings (SSSR count). The maximum atomic E-state index is 11.0. The predicted molar refractivity (Wildman–Crippen MR) is 58.8 cm³/mol. The third-order valence-electron chi connectivity index (χ3n) is 2.70. The monoisotopic (exact) mass is 205 g/mol. The summed E-state index contributed by atoms with van der Waals surface area (Å²) in [5.74, 6) is 0.489. The lowest BCUT2D eigenvalue weighted by molar-refractivity contribution is 0.1000. The van der Waals surface area contributed by atoms with Gasteiger partial charge in [-0.2, -0.15) is 0 Å². The molecule has 0 radical (unpaired) electrons. The molecule has 2 heterocycles. The largest absolute Gasteiger partial charge is 0.367 e. The quantitative estimate of drug-likeness (QED) is 0.782. The minimum atomic E-state index is -0.413. The molecule has 0 bridgehead atoms. The minimum absolute atomic E-state index is 0.413. The number of nitrogens with one attached hydrogen (secondary N) is 1. The van der Waals surface area contributed by atoms with Crippen LogP contribution in [-0.2, 0) is 6.42 Å². The van der Waals surface area contributed by atoms with Gasteiger partial charge in [-0.1, -0.05) is 13.3 Å². The molecule has 3 N–H and O–H groups in total. The van der Waals surface area contributed by atoms with Crippen LogP contribution in [0.15, 0.2) is 12.3 Å². The molecule has 0 saturated heterocycles. The minimum Gasteiger partial charge on any atom is -0.367 e. The van der Waals surface area contributed by atoms with Crippen LogP contribution in [0.5, 0.6) is 0 Å². The molecular weight excluding hydrogens is 190 g/mol. The zero-order valence-electron chi connectivity index (χ0n) is 8.79. The van der Waals surface area contributed by atoms with Crippen LogP contribution >= 0.6 is 0 Å². The van der Waals surface area contributed by atoms with E-state index in [1.54, 1.807) is 0 Å². The Balaban J connectivity index is 2.20. The molecule has 1 atom stereocenters. The van der Waals surface area contributed by atoms with Crippen LogP contribution in [0.4, 0.5) is 5.82 Å². The molecule has 0 fully saturated rings. The first-order chi connectivity index (χ1) is 7.20. The molecular formula is C11H15N3O. The first-order valence-electron chi connectivity index (χ1n) is 5.26. The molecule has 0 aliphatic carbocycles. The molecule has 0 unspecified atom stereocenters. The highest BCUT2D eigenvalue weighted by Gasteiger charge is 2.21. The van der Waals surface area contributed by atoms with Crippen LogP contribution in [0, 0.1) is 0 Å². The molecule has 1 aromatic rings. The van der Waals surface area contributed by atoms with Gasteiger partial charge < -0.3 is 11.1 Å². The van der Waals surface area contributed by atoms with Gasteiger partial charge in [0.15, 0.2) is 0 Å². The number of amides is 1. The van der Waals surface area contributed by atoms with Gasteiger partial charge in [0.2, 0.25) is 5.91 Å². The fraction of sp³-hybridized carbons (Fsp3) is 0.455. The van der Waals surface area contributed by atoms with E-state index in [0.29, 0.717) is 11.6 Å². The summed E-state index contributed by atoms with van der Waals surface area (Å²) in [5, 5.41) is 3.34. The number of hydrogen-bond acceptors (Lipinski definition) is 3. The van der Waals surface area contributed by atoms with Crippen LogP contribution in [-0.4, -0.2) is 16.9 Å².